The summed E-state index contributed by atoms with van der Waals surface area (Å²) in [5.74, 6) is -0.549. The van der Waals surface area contributed by atoms with Gasteiger partial charge in [0, 0.05) is 16.7 Å². The first-order chi connectivity index (χ1) is 12.1. The molecular formula is C19H22FN3O2. The zero-order valence-corrected chi connectivity index (χ0v) is 14.3. The van der Waals surface area contributed by atoms with Crippen LogP contribution in [0.4, 0.5) is 4.39 Å². The lowest BCUT2D eigenvalue weighted by molar-refractivity contribution is 0.0882. The molecule has 25 heavy (non-hydrogen) atoms. The van der Waals surface area contributed by atoms with Gasteiger partial charge < -0.3 is 14.6 Å². The molecule has 1 aromatic heterocycles. The second-order valence-electron chi connectivity index (χ2n) is 7.23. The fraction of sp³-hybridized carbons (Fsp3) is 0.474. The highest BCUT2D eigenvalue weighted by Crippen LogP contribution is 2.36. The zero-order chi connectivity index (χ0) is 17.4. The third kappa shape index (κ3) is 3.01. The summed E-state index contributed by atoms with van der Waals surface area (Å²) in [7, 11) is 0. The highest BCUT2D eigenvalue weighted by atomic mass is 19.1. The Bertz CT molecular complexity index is 809. The molecule has 1 aliphatic heterocycles. The Morgan fingerprint density at radius 3 is 2.92 bits per heavy atom. The van der Waals surface area contributed by atoms with Crippen molar-refractivity contribution in [1.82, 2.24) is 14.9 Å². The number of imidazole rings is 1. The molecule has 0 radical (unpaired) electrons. The molecule has 0 atom stereocenters. The van der Waals surface area contributed by atoms with Crippen LogP contribution in [0.3, 0.4) is 0 Å². The van der Waals surface area contributed by atoms with E-state index in [2.05, 4.69) is 17.2 Å². The minimum absolute atomic E-state index is 0.194. The van der Waals surface area contributed by atoms with Crippen LogP contribution in [0.2, 0.25) is 0 Å². The normalized spacial score (nSPS) is 18.5. The molecule has 2 heterocycles. The lowest BCUT2D eigenvalue weighted by Crippen LogP contribution is -2.47. The molecule has 2 aliphatic rings. The number of carbonyl (C=O) groups excluding carboxylic acids is 1. The highest BCUT2D eigenvalue weighted by Gasteiger charge is 2.30. The number of benzene rings is 1. The molecule has 5 nitrogen and oxygen atoms in total. The number of carbonyl (C=O) groups is 1. The Morgan fingerprint density at radius 2 is 2.12 bits per heavy atom. The van der Waals surface area contributed by atoms with Gasteiger partial charge in [-0.3, -0.25) is 4.79 Å². The fourth-order valence-electron chi connectivity index (χ4n) is 3.83. The number of halogens is 1. The number of nitrogens with one attached hydrogen (secondary N) is 1. The van der Waals surface area contributed by atoms with E-state index in [1.807, 2.05) is 4.57 Å². The van der Waals surface area contributed by atoms with Crippen molar-refractivity contribution in [3.8, 4) is 17.0 Å². The highest BCUT2D eigenvalue weighted by molar-refractivity contribution is 5.96. The summed E-state index contributed by atoms with van der Waals surface area (Å²) in [6, 6.07) is 2.98. The summed E-state index contributed by atoms with van der Waals surface area (Å²) in [6.45, 7) is 3.04. The molecule has 0 spiro atoms. The van der Waals surface area contributed by atoms with E-state index in [1.165, 1.54) is 12.5 Å². The van der Waals surface area contributed by atoms with Crippen LogP contribution in [0.15, 0.2) is 24.7 Å². The first kappa shape index (κ1) is 16.1. The maximum Gasteiger partial charge on any atom is 0.251 e. The Balaban J connectivity index is 1.68. The van der Waals surface area contributed by atoms with E-state index in [0.29, 0.717) is 24.3 Å². The Hall–Kier alpha value is -2.37. The number of hydrogen-bond acceptors (Lipinski definition) is 3. The van der Waals surface area contributed by atoms with Crippen LogP contribution < -0.4 is 10.1 Å². The van der Waals surface area contributed by atoms with E-state index < -0.39 is 5.82 Å². The third-order valence-corrected chi connectivity index (χ3v) is 5.25. The van der Waals surface area contributed by atoms with Gasteiger partial charge in [-0.2, -0.15) is 0 Å². The number of nitrogens with zero attached hydrogens (tertiary/aromatic N) is 2. The number of fused-ring (bicyclic) bond motifs is 3. The van der Waals surface area contributed by atoms with Crippen LogP contribution in [0, 0.1) is 5.82 Å². The van der Waals surface area contributed by atoms with Gasteiger partial charge in [-0.1, -0.05) is 19.3 Å². The van der Waals surface area contributed by atoms with E-state index in [1.54, 1.807) is 18.6 Å². The number of hydrogen-bond donors (Lipinski definition) is 1. The van der Waals surface area contributed by atoms with Crippen molar-refractivity contribution in [1.29, 1.82) is 0 Å². The second-order valence-corrected chi connectivity index (χ2v) is 7.23. The molecule has 4 rings (SSSR count). The molecule has 1 fully saturated rings. The molecule has 1 saturated carbocycles. The minimum atomic E-state index is -0.508. The van der Waals surface area contributed by atoms with Crippen molar-refractivity contribution in [3.05, 3.63) is 36.0 Å². The van der Waals surface area contributed by atoms with Crippen molar-refractivity contribution in [2.75, 3.05) is 6.61 Å². The largest absolute Gasteiger partial charge is 0.488 e. The first-order valence-corrected chi connectivity index (χ1v) is 8.85. The average Bonchev–Trinajstić information content (AvgIpc) is 2.97. The Morgan fingerprint density at radius 1 is 1.32 bits per heavy atom. The molecule has 132 valence electrons. The average molecular weight is 343 g/mol. The minimum Gasteiger partial charge on any atom is -0.488 e. The second kappa shape index (κ2) is 6.17. The Kier molecular flexibility index (Phi) is 3.98. The quantitative estimate of drug-likeness (QED) is 0.907. The topological polar surface area (TPSA) is 56.2 Å². The molecule has 0 unspecified atom stereocenters. The molecule has 2 aromatic rings. The molecular weight excluding hydrogens is 321 g/mol. The van der Waals surface area contributed by atoms with Gasteiger partial charge in [-0.05, 0) is 31.9 Å². The van der Waals surface area contributed by atoms with Crippen molar-refractivity contribution in [2.45, 2.75) is 51.1 Å². The monoisotopic (exact) mass is 343 g/mol. The predicted molar refractivity (Wildman–Crippen MR) is 92.1 cm³/mol. The smallest absolute Gasteiger partial charge is 0.251 e. The van der Waals surface area contributed by atoms with Gasteiger partial charge in [0.05, 0.1) is 24.8 Å². The summed E-state index contributed by atoms with van der Waals surface area (Å²) in [6.07, 6.45) is 8.73. The first-order valence-electron chi connectivity index (χ1n) is 8.85. The van der Waals surface area contributed by atoms with Crippen LogP contribution in [0.1, 0.15) is 49.4 Å². The standard InChI is InChI=1S/C19H22FN3O2/c1-19(5-3-2-4-6-19)22-18(24)13-9-14-16-11-21-12-23(16)7-8-25-17(14)15(20)10-13/h9-12H,2-8H2,1H3,(H,22,24). The van der Waals surface area contributed by atoms with E-state index in [0.717, 1.165) is 31.4 Å². The summed E-state index contributed by atoms with van der Waals surface area (Å²) in [4.78, 5) is 16.9. The molecule has 0 saturated heterocycles. The van der Waals surface area contributed by atoms with Crippen molar-refractivity contribution >= 4 is 5.91 Å². The SMILES string of the molecule is CC1(NC(=O)c2cc(F)c3c(c2)-c2cncn2CCO3)CCCCC1. The van der Waals surface area contributed by atoms with E-state index >= 15 is 0 Å². The van der Waals surface area contributed by atoms with E-state index in [-0.39, 0.29) is 17.2 Å². The van der Waals surface area contributed by atoms with Gasteiger partial charge >= 0.3 is 0 Å². The predicted octanol–water partition coefficient (Wildman–Crippen LogP) is 3.53. The molecule has 1 N–H and O–H groups in total. The van der Waals surface area contributed by atoms with Gasteiger partial charge in [-0.15, -0.1) is 0 Å². The molecule has 1 amide bonds. The molecule has 6 heteroatoms. The summed E-state index contributed by atoms with van der Waals surface area (Å²) >= 11 is 0. The lowest BCUT2D eigenvalue weighted by Gasteiger charge is -2.34. The number of aromatic nitrogens is 2. The van der Waals surface area contributed by atoms with Crippen molar-refractivity contribution in [3.63, 3.8) is 0 Å². The summed E-state index contributed by atoms with van der Waals surface area (Å²) in [5, 5.41) is 3.11. The van der Waals surface area contributed by atoms with Crippen LogP contribution >= 0.6 is 0 Å². The molecule has 1 aromatic carbocycles. The number of amides is 1. The third-order valence-electron chi connectivity index (χ3n) is 5.25. The maximum absolute atomic E-state index is 14.6. The van der Waals surface area contributed by atoms with E-state index in [9.17, 15) is 9.18 Å². The number of rotatable bonds is 2. The Labute approximate surface area is 146 Å². The van der Waals surface area contributed by atoms with E-state index in [4.69, 9.17) is 4.74 Å². The number of ether oxygens (including phenoxy) is 1. The van der Waals surface area contributed by atoms with Crippen molar-refractivity contribution in [2.24, 2.45) is 0 Å². The van der Waals surface area contributed by atoms with Crippen LogP contribution in [-0.2, 0) is 6.54 Å². The summed E-state index contributed by atoms with van der Waals surface area (Å²) < 4.78 is 22.1. The molecule has 1 aliphatic carbocycles. The van der Waals surface area contributed by atoms with Gasteiger partial charge in [-0.25, -0.2) is 9.37 Å². The van der Waals surface area contributed by atoms with Gasteiger partial charge in [0.15, 0.2) is 11.6 Å². The maximum atomic E-state index is 14.6. The van der Waals surface area contributed by atoms with Gasteiger partial charge in [0.25, 0.3) is 5.91 Å². The zero-order valence-electron chi connectivity index (χ0n) is 14.3. The van der Waals surface area contributed by atoms with Crippen LogP contribution in [-0.4, -0.2) is 27.6 Å². The summed E-state index contributed by atoms with van der Waals surface area (Å²) in [5.41, 5.74) is 1.46. The van der Waals surface area contributed by atoms with Gasteiger partial charge in [0.1, 0.15) is 6.61 Å². The van der Waals surface area contributed by atoms with Gasteiger partial charge in [0.2, 0.25) is 0 Å². The van der Waals surface area contributed by atoms with Crippen LogP contribution in [0.25, 0.3) is 11.3 Å². The van der Waals surface area contributed by atoms with Crippen LogP contribution in [0.5, 0.6) is 5.75 Å². The fourth-order valence-corrected chi connectivity index (χ4v) is 3.83. The van der Waals surface area contributed by atoms with Crippen molar-refractivity contribution < 1.29 is 13.9 Å². The lowest BCUT2D eigenvalue weighted by atomic mass is 9.83. The molecule has 0 bridgehead atoms.